The summed E-state index contributed by atoms with van der Waals surface area (Å²) >= 11 is 0. The largest absolute Gasteiger partial charge is 0.462 e. The lowest BCUT2D eigenvalue weighted by molar-refractivity contribution is -0.166. The number of rotatable bonds is 41. The van der Waals surface area contributed by atoms with Gasteiger partial charge in [0, 0.05) is 19.3 Å². The van der Waals surface area contributed by atoms with Gasteiger partial charge in [0.15, 0.2) is 6.10 Å². The topological polar surface area (TPSA) is 78.9 Å². The first kappa shape index (κ1) is 53.9. The molecule has 0 rings (SSSR count). The molecule has 0 heterocycles. The SMILES string of the molecule is CC/C=C\C/C=C\C/C=C\C/C=C\CCC(=O)OC(COC(=O)CCCCCCCCCC)COC(=O)CCCCCCCCC/C=C\C/C=C\CCCCCC. The maximum absolute atomic E-state index is 12.7. The fourth-order valence-electron chi connectivity index (χ4n) is 6.19. The third kappa shape index (κ3) is 43.8. The van der Waals surface area contributed by atoms with Crippen molar-refractivity contribution in [2.75, 3.05) is 13.2 Å². The van der Waals surface area contributed by atoms with Crippen molar-refractivity contribution in [3.8, 4) is 0 Å². The minimum Gasteiger partial charge on any atom is -0.462 e. The zero-order valence-corrected chi connectivity index (χ0v) is 37.1. The van der Waals surface area contributed by atoms with Gasteiger partial charge in [-0.05, 0) is 77.0 Å². The number of carbonyl (C=O) groups excluding carboxylic acids is 3. The van der Waals surface area contributed by atoms with Crippen molar-refractivity contribution in [1.29, 1.82) is 0 Å². The van der Waals surface area contributed by atoms with Crippen LogP contribution in [-0.4, -0.2) is 37.2 Å². The first-order valence-corrected chi connectivity index (χ1v) is 23.4. The molecule has 0 aliphatic carbocycles. The highest BCUT2D eigenvalue weighted by atomic mass is 16.6. The Hall–Kier alpha value is -3.15. The maximum atomic E-state index is 12.7. The van der Waals surface area contributed by atoms with Crippen LogP contribution < -0.4 is 0 Å². The highest BCUT2D eigenvalue weighted by molar-refractivity contribution is 5.71. The minimum atomic E-state index is -0.812. The number of allylic oxidation sites excluding steroid dienone is 12. The quantitative estimate of drug-likeness (QED) is 0.0265. The fraction of sp³-hybridized carbons (Fsp3) is 0.706. The molecule has 0 bridgehead atoms. The molecule has 6 heteroatoms. The van der Waals surface area contributed by atoms with Gasteiger partial charge in [-0.2, -0.15) is 0 Å². The molecule has 1 unspecified atom stereocenters. The predicted octanol–water partition coefficient (Wildman–Crippen LogP) is 15.1. The van der Waals surface area contributed by atoms with E-state index in [0.717, 1.165) is 77.0 Å². The zero-order chi connectivity index (χ0) is 41.5. The summed E-state index contributed by atoms with van der Waals surface area (Å²) in [6.45, 7) is 6.39. The fourth-order valence-corrected chi connectivity index (χ4v) is 6.19. The molecule has 0 saturated carbocycles. The number of hydrogen-bond acceptors (Lipinski definition) is 6. The number of carbonyl (C=O) groups is 3. The van der Waals surface area contributed by atoms with Crippen LogP contribution in [0, 0.1) is 0 Å². The van der Waals surface area contributed by atoms with Crippen LogP contribution in [0.3, 0.4) is 0 Å². The van der Waals surface area contributed by atoms with E-state index in [4.69, 9.17) is 14.2 Å². The third-order valence-electron chi connectivity index (χ3n) is 9.71. The van der Waals surface area contributed by atoms with E-state index in [2.05, 4.69) is 81.5 Å². The van der Waals surface area contributed by atoms with Crippen LogP contribution in [0.25, 0.3) is 0 Å². The molecule has 0 aromatic rings. The summed E-state index contributed by atoms with van der Waals surface area (Å²) in [6, 6.07) is 0. The molecule has 0 aliphatic rings. The summed E-state index contributed by atoms with van der Waals surface area (Å²) in [5.74, 6) is -1.01. The lowest BCUT2D eigenvalue weighted by Crippen LogP contribution is -2.30. The maximum Gasteiger partial charge on any atom is 0.306 e. The van der Waals surface area contributed by atoms with Gasteiger partial charge in [-0.15, -0.1) is 0 Å². The van der Waals surface area contributed by atoms with E-state index in [-0.39, 0.29) is 31.6 Å². The van der Waals surface area contributed by atoms with Gasteiger partial charge >= 0.3 is 17.9 Å². The van der Waals surface area contributed by atoms with Crippen molar-refractivity contribution in [2.45, 2.75) is 219 Å². The molecular formula is C51H86O6. The average Bonchev–Trinajstić information content (AvgIpc) is 3.21. The molecule has 6 nitrogen and oxygen atoms in total. The number of esters is 3. The van der Waals surface area contributed by atoms with E-state index < -0.39 is 12.1 Å². The smallest absolute Gasteiger partial charge is 0.306 e. The van der Waals surface area contributed by atoms with Crippen LogP contribution >= 0.6 is 0 Å². The van der Waals surface area contributed by atoms with Gasteiger partial charge in [-0.3, -0.25) is 14.4 Å². The minimum absolute atomic E-state index is 0.106. The molecule has 0 aromatic heterocycles. The molecule has 0 N–H and O–H groups in total. The lowest BCUT2D eigenvalue weighted by Gasteiger charge is -2.18. The van der Waals surface area contributed by atoms with Crippen LogP contribution in [0.1, 0.15) is 213 Å². The molecule has 0 radical (unpaired) electrons. The second kappa shape index (κ2) is 45.6. The van der Waals surface area contributed by atoms with Crippen LogP contribution in [0.15, 0.2) is 72.9 Å². The normalized spacial score (nSPS) is 12.7. The van der Waals surface area contributed by atoms with Gasteiger partial charge in [-0.25, -0.2) is 0 Å². The standard InChI is InChI=1S/C51H86O6/c1-4-7-10-13-16-19-21-23-24-25-26-27-29-30-32-35-38-41-44-50(53)56-47-48(46-55-49(52)43-40-37-34-18-15-12-9-6-3)57-51(54)45-42-39-36-33-31-28-22-20-17-14-11-8-5-2/h8,11,17,19-21,24-25,28,31,36,39,48H,4-7,9-10,12-16,18,22-23,26-27,29-30,32-35,37-38,40-47H2,1-3H3/b11-8-,20-17-,21-19-,25-24-,31-28-,39-36-. The van der Waals surface area contributed by atoms with Gasteiger partial charge in [0.2, 0.25) is 0 Å². The van der Waals surface area contributed by atoms with E-state index in [1.807, 2.05) is 12.2 Å². The Morgan fingerprint density at radius 3 is 1.16 bits per heavy atom. The summed E-state index contributed by atoms with van der Waals surface area (Å²) < 4.78 is 16.6. The van der Waals surface area contributed by atoms with Crippen molar-refractivity contribution < 1.29 is 28.6 Å². The molecule has 0 spiro atoms. The predicted molar refractivity (Wildman–Crippen MR) is 242 cm³/mol. The monoisotopic (exact) mass is 795 g/mol. The number of hydrogen-bond donors (Lipinski definition) is 0. The number of ether oxygens (including phenoxy) is 3. The van der Waals surface area contributed by atoms with Gasteiger partial charge in [0.25, 0.3) is 0 Å². The molecule has 0 aliphatic heterocycles. The first-order chi connectivity index (χ1) is 28.0. The van der Waals surface area contributed by atoms with Crippen molar-refractivity contribution in [2.24, 2.45) is 0 Å². The summed E-state index contributed by atoms with van der Waals surface area (Å²) in [4.78, 5) is 37.7. The van der Waals surface area contributed by atoms with Gasteiger partial charge in [0.1, 0.15) is 13.2 Å². The molecule has 0 fully saturated rings. The van der Waals surface area contributed by atoms with Crippen LogP contribution in [0.4, 0.5) is 0 Å². The van der Waals surface area contributed by atoms with E-state index >= 15 is 0 Å². The Morgan fingerprint density at radius 1 is 0.368 bits per heavy atom. The highest BCUT2D eigenvalue weighted by Crippen LogP contribution is 2.13. The van der Waals surface area contributed by atoms with Crippen molar-refractivity contribution in [3.63, 3.8) is 0 Å². The van der Waals surface area contributed by atoms with E-state index in [0.29, 0.717) is 19.3 Å². The van der Waals surface area contributed by atoms with E-state index in [1.54, 1.807) is 0 Å². The van der Waals surface area contributed by atoms with Crippen LogP contribution in [-0.2, 0) is 28.6 Å². The second-order valence-corrected chi connectivity index (χ2v) is 15.3. The van der Waals surface area contributed by atoms with Crippen molar-refractivity contribution >= 4 is 17.9 Å². The second-order valence-electron chi connectivity index (χ2n) is 15.3. The van der Waals surface area contributed by atoms with Gasteiger partial charge < -0.3 is 14.2 Å². The number of unbranched alkanes of at least 4 members (excludes halogenated alkanes) is 18. The van der Waals surface area contributed by atoms with Crippen LogP contribution in [0.2, 0.25) is 0 Å². The molecule has 1 atom stereocenters. The average molecular weight is 795 g/mol. The Kier molecular flexibility index (Phi) is 43.0. The zero-order valence-electron chi connectivity index (χ0n) is 37.1. The molecule has 0 aromatic carbocycles. The molecule has 326 valence electrons. The highest BCUT2D eigenvalue weighted by Gasteiger charge is 2.19. The van der Waals surface area contributed by atoms with Crippen molar-refractivity contribution in [1.82, 2.24) is 0 Å². The molecule has 57 heavy (non-hydrogen) atoms. The van der Waals surface area contributed by atoms with Gasteiger partial charge in [-0.1, -0.05) is 190 Å². The van der Waals surface area contributed by atoms with Crippen LogP contribution in [0.5, 0.6) is 0 Å². The summed E-state index contributed by atoms with van der Waals surface area (Å²) in [7, 11) is 0. The Balaban J connectivity index is 4.40. The Bertz CT molecular complexity index is 1100. The molecule has 0 amide bonds. The molecule has 0 saturated heterocycles. The van der Waals surface area contributed by atoms with E-state index in [1.165, 1.54) is 89.9 Å². The first-order valence-electron chi connectivity index (χ1n) is 23.4. The summed E-state index contributed by atoms with van der Waals surface area (Å²) in [5, 5.41) is 0. The lowest BCUT2D eigenvalue weighted by atomic mass is 10.1. The Morgan fingerprint density at radius 2 is 0.719 bits per heavy atom. The van der Waals surface area contributed by atoms with E-state index in [9.17, 15) is 14.4 Å². The van der Waals surface area contributed by atoms with Gasteiger partial charge in [0.05, 0.1) is 0 Å². The third-order valence-corrected chi connectivity index (χ3v) is 9.71. The van der Waals surface area contributed by atoms with Crippen molar-refractivity contribution in [3.05, 3.63) is 72.9 Å². The Labute approximate surface area is 351 Å². The summed E-state index contributed by atoms with van der Waals surface area (Å²) in [5.41, 5.74) is 0. The molecular weight excluding hydrogens is 709 g/mol. The summed E-state index contributed by atoms with van der Waals surface area (Å²) in [6.07, 6.45) is 56.2.